The smallest absolute Gasteiger partial charge is 0.326 e. The summed E-state index contributed by atoms with van der Waals surface area (Å²) in [5, 5.41) is 20.7. The Balaban J connectivity index is 2.54. The Hall–Kier alpha value is -1.74. The van der Waals surface area contributed by atoms with Gasteiger partial charge in [0.1, 0.15) is 6.04 Å². The van der Waals surface area contributed by atoms with Gasteiger partial charge in [-0.15, -0.1) is 12.3 Å². The van der Waals surface area contributed by atoms with Gasteiger partial charge < -0.3 is 20.4 Å². The molecule has 0 bridgehead atoms. The molecule has 0 radical (unpaired) electrons. The number of urea groups is 1. The van der Waals surface area contributed by atoms with Crippen molar-refractivity contribution in [1.82, 2.24) is 10.2 Å². The van der Waals surface area contributed by atoms with E-state index >= 15 is 0 Å². The summed E-state index contributed by atoms with van der Waals surface area (Å²) in [5.41, 5.74) is 0. The van der Waals surface area contributed by atoms with Crippen molar-refractivity contribution in [2.45, 2.75) is 25.0 Å². The Morgan fingerprint density at radius 1 is 1.56 bits per heavy atom. The number of nitrogens with one attached hydrogen (secondary N) is 1. The number of aliphatic carboxylic acids is 1. The van der Waals surface area contributed by atoms with E-state index < -0.39 is 24.1 Å². The lowest BCUT2D eigenvalue weighted by Gasteiger charge is -2.21. The first-order chi connectivity index (χ1) is 7.56. The van der Waals surface area contributed by atoms with Gasteiger partial charge in [0, 0.05) is 25.9 Å². The van der Waals surface area contributed by atoms with Gasteiger partial charge in [-0.05, 0) is 0 Å². The Morgan fingerprint density at radius 3 is 2.81 bits per heavy atom. The largest absolute Gasteiger partial charge is 0.480 e. The molecule has 0 aromatic carbocycles. The van der Waals surface area contributed by atoms with E-state index in [1.54, 1.807) is 0 Å². The molecule has 1 aliphatic rings. The zero-order valence-electron chi connectivity index (χ0n) is 8.72. The van der Waals surface area contributed by atoms with Crippen molar-refractivity contribution in [1.29, 1.82) is 0 Å². The highest BCUT2D eigenvalue weighted by Crippen LogP contribution is 2.17. The van der Waals surface area contributed by atoms with Crippen LogP contribution >= 0.6 is 0 Å². The standard InChI is InChI=1S/C10H14N2O4/c1-2-3-4-11-10(16)12-6-7(13)5-8(12)9(14)15/h1,7-8,13H,3-6H2,(H,11,16)(H,14,15)/t7?,8-/m0/s1. The highest BCUT2D eigenvalue weighted by atomic mass is 16.4. The van der Waals surface area contributed by atoms with Gasteiger partial charge in [-0.2, -0.15) is 0 Å². The van der Waals surface area contributed by atoms with E-state index in [1.165, 1.54) is 0 Å². The fourth-order valence-electron chi connectivity index (χ4n) is 1.62. The van der Waals surface area contributed by atoms with Crippen molar-refractivity contribution >= 4 is 12.0 Å². The number of hydrogen-bond donors (Lipinski definition) is 3. The van der Waals surface area contributed by atoms with Crippen molar-refractivity contribution in [3.8, 4) is 12.3 Å². The Morgan fingerprint density at radius 2 is 2.25 bits per heavy atom. The average molecular weight is 226 g/mol. The van der Waals surface area contributed by atoms with Gasteiger partial charge in [0.2, 0.25) is 0 Å². The minimum absolute atomic E-state index is 0.0405. The SMILES string of the molecule is C#CCCNC(=O)N1CC(O)C[C@H]1C(=O)O. The van der Waals surface area contributed by atoms with E-state index in [-0.39, 0.29) is 13.0 Å². The van der Waals surface area contributed by atoms with Gasteiger partial charge in [-0.25, -0.2) is 9.59 Å². The molecule has 16 heavy (non-hydrogen) atoms. The van der Waals surface area contributed by atoms with Crippen LogP contribution < -0.4 is 5.32 Å². The minimum atomic E-state index is -1.11. The van der Waals surface area contributed by atoms with Crippen molar-refractivity contribution in [3.05, 3.63) is 0 Å². The molecule has 2 amide bonds. The van der Waals surface area contributed by atoms with E-state index in [9.17, 15) is 14.7 Å². The maximum absolute atomic E-state index is 11.6. The number of nitrogens with zero attached hydrogens (tertiary/aromatic N) is 1. The molecule has 0 aliphatic carbocycles. The molecule has 2 atom stereocenters. The van der Waals surface area contributed by atoms with Gasteiger partial charge in [0.25, 0.3) is 0 Å². The van der Waals surface area contributed by atoms with Crippen LogP contribution in [-0.2, 0) is 4.79 Å². The van der Waals surface area contributed by atoms with Gasteiger partial charge in [0.05, 0.1) is 6.10 Å². The molecule has 1 heterocycles. The first-order valence-electron chi connectivity index (χ1n) is 4.95. The number of terminal acetylenes is 1. The van der Waals surface area contributed by atoms with Crippen LogP contribution in [0.1, 0.15) is 12.8 Å². The number of likely N-dealkylation sites (tertiary alicyclic amines) is 1. The van der Waals surface area contributed by atoms with Crippen molar-refractivity contribution in [2.24, 2.45) is 0 Å². The Kier molecular flexibility index (Phi) is 4.14. The van der Waals surface area contributed by atoms with Gasteiger partial charge in [-0.3, -0.25) is 0 Å². The van der Waals surface area contributed by atoms with Crippen molar-refractivity contribution < 1.29 is 19.8 Å². The third-order valence-electron chi connectivity index (χ3n) is 2.37. The number of carbonyl (C=O) groups is 2. The second kappa shape index (κ2) is 5.37. The molecule has 0 saturated carbocycles. The number of carboxylic acid groups (broad SMARTS) is 1. The summed E-state index contributed by atoms with van der Waals surface area (Å²) >= 11 is 0. The van der Waals surface area contributed by atoms with Crippen LogP contribution in [0.15, 0.2) is 0 Å². The number of aliphatic hydroxyl groups excluding tert-OH is 1. The first-order valence-corrected chi connectivity index (χ1v) is 4.95. The molecular weight excluding hydrogens is 212 g/mol. The lowest BCUT2D eigenvalue weighted by Crippen LogP contribution is -2.46. The Labute approximate surface area is 93.2 Å². The van der Waals surface area contributed by atoms with Crippen LogP contribution in [-0.4, -0.2) is 52.3 Å². The predicted octanol–water partition coefficient (Wildman–Crippen LogP) is -0.761. The zero-order chi connectivity index (χ0) is 12.1. The maximum atomic E-state index is 11.6. The summed E-state index contributed by atoms with van der Waals surface area (Å²) in [6.07, 6.45) is 4.69. The average Bonchev–Trinajstić information content (AvgIpc) is 2.61. The van der Waals surface area contributed by atoms with Crippen LogP contribution in [0.25, 0.3) is 0 Å². The fraction of sp³-hybridized carbons (Fsp3) is 0.600. The van der Waals surface area contributed by atoms with Gasteiger partial charge >= 0.3 is 12.0 Å². The zero-order valence-corrected chi connectivity index (χ0v) is 8.72. The molecule has 88 valence electrons. The van der Waals surface area contributed by atoms with E-state index in [2.05, 4.69) is 11.2 Å². The molecule has 1 aliphatic heterocycles. The van der Waals surface area contributed by atoms with Crippen LogP contribution in [0.3, 0.4) is 0 Å². The van der Waals surface area contributed by atoms with Crippen LogP contribution in [0, 0.1) is 12.3 Å². The normalized spacial score (nSPS) is 23.9. The summed E-state index contributed by atoms with van der Waals surface area (Å²) in [6, 6.07) is -1.46. The van der Waals surface area contributed by atoms with Crippen LogP contribution in [0.2, 0.25) is 0 Å². The van der Waals surface area contributed by atoms with Gasteiger partial charge in [0.15, 0.2) is 0 Å². The predicted molar refractivity (Wildman–Crippen MR) is 55.6 cm³/mol. The second-order valence-corrected chi connectivity index (χ2v) is 3.58. The summed E-state index contributed by atoms with van der Waals surface area (Å²) in [6.45, 7) is 0.340. The summed E-state index contributed by atoms with van der Waals surface area (Å²) < 4.78 is 0. The van der Waals surface area contributed by atoms with E-state index in [1.807, 2.05) is 0 Å². The number of carboxylic acids is 1. The van der Waals surface area contributed by atoms with Crippen LogP contribution in [0.5, 0.6) is 0 Å². The number of hydrogen-bond acceptors (Lipinski definition) is 3. The molecule has 1 rings (SSSR count). The second-order valence-electron chi connectivity index (χ2n) is 3.58. The molecule has 0 spiro atoms. The number of β-amino-alcohol motifs (C(OH)–C–C–N with tert-alkyl or cyclic N) is 1. The fourth-order valence-corrected chi connectivity index (χ4v) is 1.62. The lowest BCUT2D eigenvalue weighted by atomic mass is 10.2. The lowest BCUT2D eigenvalue weighted by molar-refractivity contribution is -0.141. The van der Waals surface area contributed by atoms with E-state index in [4.69, 9.17) is 11.5 Å². The number of aliphatic hydroxyl groups is 1. The van der Waals surface area contributed by atoms with Gasteiger partial charge in [-0.1, -0.05) is 0 Å². The monoisotopic (exact) mass is 226 g/mol. The maximum Gasteiger partial charge on any atom is 0.326 e. The van der Waals surface area contributed by atoms with E-state index in [0.717, 1.165) is 4.90 Å². The third-order valence-corrected chi connectivity index (χ3v) is 2.37. The molecule has 1 saturated heterocycles. The van der Waals surface area contributed by atoms with Crippen molar-refractivity contribution in [3.63, 3.8) is 0 Å². The third kappa shape index (κ3) is 2.87. The first kappa shape index (κ1) is 12.3. The van der Waals surface area contributed by atoms with Crippen molar-refractivity contribution in [2.75, 3.05) is 13.1 Å². The summed E-state index contributed by atoms with van der Waals surface area (Å²) in [5.74, 6) is 1.25. The summed E-state index contributed by atoms with van der Waals surface area (Å²) in [7, 11) is 0. The number of rotatable bonds is 3. The molecule has 6 nitrogen and oxygen atoms in total. The molecule has 3 N–H and O–H groups in total. The molecule has 1 unspecified atom stereocenters. The molecule has 1 fully saturated rings. The molecular formula is C10H14N2O4. The van der Waals surface area contributed by atoms with Crippen LogP contribution in [0.4, 0.5) is 4.79 Å². The molecule has 0 aromatic rings. The number of amides is 2. The quantitative estimate of drug-likeness (QED) is 0.436. The Bertz CT molecular complexity index is 323. The number of carbonyl (C=O) groups excluding carboxylic acids is 1. The highest BCUT2D eigenvalue weighted by Gasteiger charge is 2.38. The summed E-state index contributed by atoms with van der Waals surface area (Å²) in [4.78, 5) is 23.5. The minimum Gasteiger partial charge on any atom is -0.480 e. The molecule has 0 aromatic heterocycles. The highest BCUT2D eigenvalue weighted by molar-refractivity contribution is 5.83. The topological polar surface area (TPSA) is 89.9 Å². The van der Waals surface area contributed by atoms with E-state index in [0.29, 0.717) is 13.0 Å². The molecule has 6 heteroatoms.